The Balaban J connectivity index is 1.65. The number of methoxy groups -OCH3 is 1. The van der Waals surface area contributed by atoms with Gasteiger partial charge in [0.25, 0.3) is 0 Å². The summed E-state index contributed by atoms with van der Waals surface area (Å²) in [6.07, 6.45) is 5.65. The van der Waals surface area contributed by atoms with E-state index in [0.29, 0.717) is 0 Å². The molecular weight excluding hydrogens is 398 g/mol. The molecule has 0 fully saturated rings. The average molecular weight is 428 g/mol. The molecule has 6 nitrogen and oxygen atoms in total. The molecule has 6 heteroatoms. The summed E-state index contributed by atoms with van der Waals surface area (Å²) in [6, 6.07) is 22.9. The van der Waals surface area contributed by atoms with Crippen molar-refractivity contribution in [3.05, 3.63) is 102 Å². The molecule has 0 N–H and O–H groups in total. The van der Waals surface area contributed by atoms with Crippen molar-refractivity contribution in [1.29, 1.82) is 0 Å². The van der Waals surface area contributed by atoms with E-state index in [0.717, 1.165) is 42.5 Å². The Labute approximate surface area is 189 Å². The third kappa shape index (κ3) is 5.53. The van der Waals surface area contributed by atoms with Gasteiger partial charge in [0, 0.05) is 43.9 Å². The van der Waals surface area contributed by atoms with Crippen molar-refractivity contribution in [3.8, 4) is 11.4 Å². The number of benzene rings is 2. The molecule has 2 heterocycles. The van der Waals surface area contributed by atoms with E-state index in [1.807, 2.05) is 35.3 Å². The summed E-state index contributed by atoms with van der Waals surface area (Å²) in [4.78, 5) is 9.06. The first kappa shape index (κ1) is 21.6. The van der Waals surface area contributed by atoms with E-state index in [9.17, 15) is 0 Å². The molecule has 0 saturated carbocycles. The van der Waals surface area contributed by atoms with Gasteiger partial charge >= 0.3 is 0 Å². The van der Waals surface area contributed by atoms with Crippen molar-refractivity contribution in [3.63, 3.8) is 0 Å². The van der Waals surface area contributed by atoms with Gasteiger partial charge in [-0.05, 0) is 67.7 Å². The Kier molecular flexibility index (Phi) is 6.82. The first-order valence-corrected chi connectivity index (χ1v) is 10.7. The van der Waals surface area contributed by atoms with Crippen LogP contribution in [0.25, 0.3) is 5.69 Å². The lowest BCUT2D eigenvalue weighted by Gasteiger charge is -2.26. The minimum absolute atomic E-state index is 0.759. The lowest BCUT2D eigenvalue weighted by Crippen LogP contribution is -2.23. The maximum atomic E-state index is 5.44. The van der Waals surface area contributed by atoms with Gasteiger partial charge in [0.05, 0.1) is 18.5 Å². The minimum atomic E-state index is 0.759. The lowest BCUT2D eigenvalue weighted by molar-refractivity contribution is 0.397. The number of anilines is 1. The van der Waals surface area contributed by atoms with Gasteiger partial charge in [-0.15, -0.1) is 0 Å². The highest BCUT2D eigenvalue weighted by Gasteiger charge is 2.12. The molecule has 0 amide bonds. The predicted octanol–water partition coefficient (Wildman–Crippen LogP) is 4.54. The van der Waals surface area contributed by atoms with Crippen molar-refractivity contribution < 1.29 is 4.74 Å². The molecule has 0 aliphatic heterocycles. The maximum Gasteiger partial charge on any atom is 0.119 e. The van der Waals surface area contributed by atoms with Crippen LogP contribution in [0.4, 0.5) is 5.69 Å². The molecule has 0 atom stereocenters. The first-order chi connectivity index (χ1) is 15.6. The van der Waals surface area contributed by atoms with Crippen LogP contribution in [0.15, 0.2) is 85.3 Å². The molecule has 4 aromatic rings. The van der Waals surface area contributed by atoms with Gasteiger partial charge in [0.2, 0.25) is 0 Å². The summed E-state index contributed by atoms with van der Waals surface area (Å²) >= 11 is 0. The van der Waals surface area contributed by atoms with Gasteiger partial charge in [-0.1, -0.05) is 24.3 Å². The summed E-state index contributed by atoms with van der Waals surface area (Å²) in [7, 11) is 5.82. The van der Waals surface area contributed by atoms with Crippen molar-refractivity contribution in [2.75, 3.05) is 26.1 Å². The molecule has 2 aromatic carbocycles. The van der Waals surface area contributed by atoms with Gasteiger partial charge in [-0.25, -0.2) is 4.68 Å². The summed E-state index contributed by atoms with van der Waals surface area (Å²) in [5, 5.41) is 4.37. The van der Waals surface area contributed by atoms with Crippen LogP contribution >= 0.6 is 0 Å². The second kappa shape index (κ2) is 10.1. The van der Waals surface area contributed by atoms with E-state index in [1.54, 1.807) is 13.3 Å². The summed E-state index contributed by atoms with van der Waals surface area (Å²) in [5.41, 5.74) is 5.65. The quantitative estimate of drug-likeness (QED) is 0.392. The van der Waals surface area contributed by atoms with Crippen LogP contribution in [0.1, 0.15) is 16.8 Å². The topological polar surface area (TPSA) is 46.4 Å². The van der Waals surface area contributed by atoms with Gasteiger partial charge in [-0.3, -0.25) is 4.98 Å². The van der Waals surface area contributed by atoms with Crippen molar-refractivity contribution in [2.24, 2.45) is 0 Å². The normalized spacial score (nSPS) is 11.0. The third-order valence-electron chi connectivity index (χ3n) is 5.20. The number of aromatic nitrogens is 3. The fourth-order valence-electron chi connectivity index (χ4n) is 3.74. The molecule has 4 rings (SSSR count). The number of ether oxygens (including phenoxy) is 1. The van der Waals surface area contributed by atoms with Gasteiger partial charge in [0.15, 0.2) is 0 Å². The first-order valence-electron chi connectivity index (χ1n) is 10.7. The highest BCUT2D eigenvalue weighted by Crippen LogP contribution is 2.23. The molecule has 0 aliphatic carbocycles. The molecule has 0 saturated heterocycles. The number of nitrogens with zero attached hydrogens (tertiary/aromatic N) is 5. The van der Waals surface area contributed by atoms with Crippen LogP contribution in [-0.4, -0.2) is 40.9 Å². The molecule has 164 valence electrons. The van der Waals surface area contributed by atoms with Crippen LogP contribution in [0.3, 0.4) is 0 Å². The predicted molar refractivity (Wildman–Crippen MR) is 128 cm³/mol. The number of pyridine rings is 1. The molecule has 2 aromatic heterocycles. The Hall–Kier alpha value is -3.64. The van der Waals surface area contributed by atoms with Gasteiger partial charge in [0.1, 0.15) is 5.75 Å². The Morgan fingerprint density at radius 3 is 2.34 bits per heavy atom. The molecule has 0 spiro atoms. The largest absolute Gasteiger partial charge is 0.497 e. The van der Waals surface area contributed by atoms with E-state index in [4.69, 9.17) is 4.74 Å². The zero-order valence-electron chi connectivity index (χ0n) is 18.8. The second-order valence-corrected chi connectivity index (χ2v) is 8.07. The molecule has 0 unspecified atom stereocenters. The maximum absolute atomic E-state index is 5.44. The number of hydrogen-bond donors (Lipinski definition) is 0. The standard InChI is InChI=1S/C26H29N5O/c1-29(2)20-23-17-24(11-13-27-23)30(19-22-8-5-10-26(16-22)32-3)18-21-7-4-9-25(15-21)31-14-6-12-28-31/h4-17H,18-20H2,1-3H3. The molecule has 32 heavy (non-hydrogen) atoms. The monoisotopic (exact) mass is 427 g/mol. The fraction of sp³-hybridized carbons (Fsp3) is 0.231. The molecular formula is C26H29N5O. The van der Waals surface area contributed by atoms with Crippen molar-refractivity contribution in [2.45, 2.75) is 19.6 Å². The zero-order chi connectivity index (χ0) is 22.3. The summed E-state index contributed by atoms with van der Waals surface area (Å²) in [6.45, 7) is 2.32. The Morgan fingerprint density at radius 2 is 1.62 bits per heavy atom. The zero-order valence-corrected chi connectivity index (χ0v) is 18.8. The molecule has 0 radical (unpaired) electrons. The summed E-state index contributed by atoms with van der Waals surface area (Å²) < 4.78 is 7.32. The van der Waals surface area contributed by atoms with E-state index >= 15 is 0 Å². The van der Waals surface area contributed by atoms with Crippen LogP contribution in [-0.2, 0) is 19.6 Å². The van der Waals surface area contributed by atoms with Crippen molar-refractivity contribution in [1.82, 2.24) is 19.7 Å². The van der Waals surface area contributed by atoms with Gasteiger partial charge in [-0.2, -0.15) is 5.10 Å². The smallest absolute Gasteiger partial charge is 0.119 e. The van der Waals surface area contributed by atoms with E-state index in [1.165, 1.54) is 11.1 Å². The van der Waals surface area contributed by atoms with E-state index < -0.39 is 0 Å². The minimum Gasteiger partial charge on any atom is -0.497 e. The highest BCUT2D eigenvalue weighted by atomic mass is 16.5. The van der Waals surface area contributed by atoms with E-state index in [-0.39, 0.29) is 0 Å². The second-order valence-electron chi connectivity index (χ2n) is 8.07. The highest BCUT2D eigenvalue weighted by molar-refractivity contribution is 5.49. The number of hydrogen-bond acceptors (Lipinski definition) is 5. The third-order valence-corrected chi connectivity index (χ3v) is 5.20. The number of rotatable bonds is 9. The fourth-order valence-corrected chi connectivity index (χ4v) is 3.74. The molecule has 0 bridgehead atoms. The van der Waals surface area contributed by atoms with Crippen LogP contribution in [0.5, 0.6) is 5.75 Å². The van der Waals surface area contributed by atoms with Crippen molar-refractivity contribution >= 4 is 5.69 Å². The van der Waals surface area contributed by atoms with E-state index in [2.05, 4.69) is 82.5 Å². The van der Waals surface area contributed by atoms with Crippen LogP contribution < -0.4 is 9.64 Å². The lowest BCUT2D eigenvalue weighted by atomic mass is 10.1. The SMILES string of the molecule is COc1cccc(CN(Cc2cccc(-n3cccn3)c2)c2ccnc(CN(C)C)c2)c1. The Morgan fingerprint density at radius 1 is 0.844 bits per heavy atom. The van der Waals surface area contributed by atoms with Gasteiger partial charge < -0.3 is 14.5 Å². The Bertz CT molecular complexity index is 1140. The summed E-state index contributed by atoms with van der Waals surface area (Å²) in [5.74, 6) is 0.867. The molecule has 0 aliphatic rings. The van der Waals surface area contributed by atoms with Crippen LogP contribution in [0.2, 0.25) is 0 Å². The van der Waals surface area contributed by atoms with Crippen LogP contribution in [0, 0.1) is 0 Å². The average Bonchev–Trinajstić information content (AvgIpc) is 3.34.